The lowest BCUT2D eigenvalue weighted by Crippen LogP contribution is -2.26. The summed E-state index contributed by atoms with van der Waals surface area (Å²) >= 11 is -1.31. The zero-order valence-corrected chi connectivity index (χ0v) is 11.7. The van der Waals surface area contributed by atoms with Crippen LogP contribution in [0.3, 0.4) is 0 Å². The molecule has 1 aromatic carbocycles. The van der Waals surface area contributed by atoms with Gasteiger partial charge in [-0.25, -0.2) is 0 Å². The molecule has 0 bridgehead atoms. The van der Waals surface area contributed by atoms with Crippen LogP contribution in [-0.2, 0) is 11.4 Å². The molecule has 0 aliphatic heterocycles. The van der Waals surface area contributed by atoms with Crippen molar-refractivity contribution in [1.29, 1.82) is 0 Å². The largest absolute Gasteiger partial charge is 0.593 e. The first-order chi connectivity index (χ1) is 8.66. The van der Waals surface area contributed by atoms with E-state index < -0.39 is 11.4 Å². The smallest absolute Gasteiger partial charge is 0.184 e. The monoisotopic (exact) mass is 268 g/mol. The molecule has 100 valence electrons. The van der Waals surface area contributed by atoms with E-state index in [4.69, 9.17) is 0 Å². The Hall–Kier alpha value is -0.880. The van der Waals surface area contributed by atoms with Gasteiger partial charge in [0.05, 0.1) is 16.9 Å². The second-order valence-corrected chi connectivity index (χ2v) is 5.29. The highest BCUT2D eigenvalue weighted by molar-refractivity contribution is 7.89. The minimum absolute atomic E-state index is 0.0593. The molecule has 0 aliphatic rings. The first-order valence-electron chi connectivity index (χ1n) is 6.06. The third kappa shape index (κ3) is 4.78. The lowest BCUT2D eigenvalue weighted by atomic mass is 10.1. The fourth-order valence-electron chi connectivity index (χ4n) is 1.59. The van der Waals surface area contributed by atoms with E-state index in [1.54, 1.807) is 24.3 Å². The Bertz CT molecular complexity index is 385. The molecule has 0 spiro atoms. The molecule has 1 aromatic rings. The normalized spacial score (nSPS) is 12.4. The highest BCUT2D eigenvalue weighted by atomic mass is 32.2. The van der Waals surface area contributed by atoms with Gasteiger partial charge in [-0.15, -0.1) is 4.72 Å². The summed E-state index contributed by atoms with van der Waals surface area (Å²) in [4.78, 5) is 12.0. The first kappa shape index (κ1) is 15.2. The summed E-state index contributed by atoms with van der Waals surface area (Å²) in [5, 5.41) is 3.06. The van der Waals surface area contributed by atoms with Crippen molar-refractivity contribution < 1.29 is 9.35 Å². The molecular weight excluding hydrogens is 248 g/mol. The number of nitrogens with one attached hydrogen (secondary N) is 2. The number of carbonyl (C=O) groups is 1. The Kier molecular flexibility index (Phi) is 6.97. The van der Waals surface area contributed by atoms with Crippen LogP contribution in [-0.4, -0.2) is 30.5 Å². The van der Waals surface area contributed by atoms with Crippen LogP contribution < -0.4 is 10.0 Å². The Morgan fingerprint density at radius 3 is 2.61 bits per heavy atom. The highest BCUT2D eigenvalue weighted by Gasteiger charge is 2.18. The summed E-state index contributed by atoms with van der Waals surface area (Å²) in [5.74, 6) is -0.0593. The number of hydrogen-bond donors (Lipinski definition) is 2. The molecule has 0 heterocycles. The number of unbranched alkanes of at least 4 members (excludes halogenated alkanes) is 1. The van der Waals surface area contributed by atoms with Crippen molar-refractivity contribution in [3.05, 3.63) is 29.8 Å². The van der Waals surface area contributed by atoms with Crippen LogP contribution in [0.5, 0.6) is 0 Å². The summed E-state index contributed by atoms with van der Waals surface area (Å²) in [6, 6.07) is 7.01. The number of hydrogen-bond acceptors (Lipinski definition) is 4. The van der Waals surface area contributed by atoms with Gasteiger partial charge >= 0.3 is 0 Å². The fraction of sp³-hybridized carbons (Fsp3) is 0.462. The molecule has 0 aliphatic carbocycles. The Morgan fingerprint density at radius 1 is 1.28 bits per heavy atom. The molecule has 0 saturated carbocycles. The SMILES string of the molecule is CNCCCCN[S+]([O-])c1ccccc1C(C)=O. The lowest BCUT2D eigenvalue weighted by Gasteiger charge is -2.12. The number of carbonyl (C=O) groups excluding carboxylic acids is 1. The molecule has 18 heavy (non-hydrogen) atoms. The fourth-order valence-corrected chi connectivity index (χ4v) is 2.69. The van der Waals surface area contributed by atoms with Gasteiger partial charge in [0.2, 0.25) is 0 Å². The Morgan fingerprint density at radius 2 is 1.94 bits per heavy atom. The quantitative estimate of drug-likeness (QED) is 0.426. The van der Waals surface area contributed by atoms with Gasteiger partial charge in [0.15, 0.2) is 10.7 Å². The topological polar surface area (TPSA) is 64.2 Å². The molecule has 0 aromatic heterocycles. The molecule has 1 atom stereocenters. The van der Waals surface area contributed by atoms with Crippen molar-refractivity contribution in [3.63, 3.8) is 0 Å². The van der Waals surface area contributed by atoms with Crippen LogP contribution in [0.15, 0.2) is 29.2 Å². The van der Waals surface area contributed by atoms with Crippen molar-refractivity contribution in [2.45, 2.75) is 24.7 Å². The molecule has 0 amide bonds. The predicted octanol–water partition coefficient (Wildman–Crippen LogP) is 1.50. The number of benzene rings is 1. The maximum absolute atomic E-state index is 12.0. The van der Waals surface area contributed by atoms with Gasteiger partial charge in [-0.1, -0.05) is 12.1 Å². The van der Waals surface area contributed by atoms with Gasteiger partial charge < -0.3 is 9.87 Å². The third-order valence-electron chi connectivity index (χ3n) is 2.55. The minimum atomic E-state index is -1.31. The van der Waals surface area contributed by atoms with Crippen LogP contribution in [0.1, 0.15) is 30.1 Å². The summed E-state index contributed by atoms with van der Waals surface area (Å²) in [6.45, 7) is 3.13. The predicted molar refractivity (Wildman–Crippen MR) is 74.0 cm³/mol. The average Bonchev–Trinajstić information content (AvgIpc) is 2.38. The van der Waals surface area contributed by atoms with Crippen LogP contribution in [0.2, 0.25) is 0 Å². The van der Waals surface area contributed by atoms with Crippen molar-refractivity contribution in [1.82, 2.24) is 10.0 Å². The average molecular weight is 268 g/mol. The summed E-state index contributed by atoms with van der Waals surface area (Å²) in [7, 11) is 1.91. The van der Waals surface area contributed by atoms with E-state index in [2.05, 4.69) is 10.0 Å². The molecule has 4 nitrogen and oxygen atoms in total. The van der Waals surface area contributed by atoms with E-state index in [1.165, 1.54) is 6.92 Å². The molecular formula is C13H20N2O2S. The van der Waals surface area contributed by atoms with Crippen LogP contribution in [0.25, 0.3) is 0 Å². The van der Waals surface area contributed by atoms with Crippen LogP contribution in [0, 0.1) is 0 Å². The van der Waals surface area contributed by atoms with E-state index >= 15 is 0 Å². The summed E-state index contributed by atoms with van der Waals surface area (Å²) in [5.41, 5.74) is 0.526. The maximum atomic E-state index is 12.0. The van der Waals surface area contributed by atoms with E-state index in [9.17, 15) is 9.35 Å². The molecule has 2 N–H and O–H groups in total. The van der Waals surface area contributed by atoms with Gasteiger partial charge in [0, 0.05) is 6.54 Å². The maximum Gasteiger partial charge on any atom is 0.184 e. The van der Waals surface area contributed by atoms with Crippen molar-refractivity contribution in [2.75, 3.05) is 20.1 Å². The number of rotatable bonds is 8. The zero-order valence-electron chi connectivity index (χ0n) is 10.9. The summed E-state index contributed by atoms with van der Waals surface area (Å²) < 4.78 is 15.0. The van der Waals surface area contributed by atoms with Crippen molar-refractivity contribution >= 4 is 17.1 Å². The van der Waals surface area contributed by atoms with Crippen LogP contribution in [0.4, 0.5) is 0 Å². The molecule has 5 heteroatoms. The van der Waals surface area contributed by atoms with E-state index in [0.717, 1.165) is 19.4 Å². The van der Waals surface area contributed by atoms with Gasteiger partial charge in [-0.3, -0.25) is 4.79 Å². The Labute approximate surface area is 111 Å². The second kappa shape index (κ2) is 8.26. The van der Waals surface area contributed by atoms with E-state index in [0.29, 0.717) is 17.0 Å². The van der Waals surface area contributed by atoms with E-state index in [-0.39, 0.29) is 5.78 Å². The van der Waals surface area contributed by atoms with Gasteiger partial charge in [0.25, 0.3) is 0 Å². The van der Waals surface area contributed by atoms with Crippen molar-refractivity contribution in [3.8, 4) is 0 Å². The molecule has 1 unspecified atom stereocenters. The first-order valence-corrected chi connectivity index (χ1v) is 7.21. The van der Waals surface area contributed by atoms with Crippen LogP contribution >= 0.6 is 0 Å². The number of ketones is 1. The van der Waals surface area contributed by atoms with Gasteiger partial charge in [-0.2, -0.15) is 0 Å². The third-order valence-corrected chi connectivity index (χ3v) is 3.77. The Balaban J connectivity index is 2.51. The zero-order chi connectivity index (χ0) is 13.4. The lowest BCUT2D eigenvalue weighted by molar-refractivity contribution is 0.101. The minimum Gasteiger partial charge on any atom is -0.593 e. The summed E-state index contributed by atoms with van der Waals surface area (Å²) in [6.07, 6.45) is 1.99. The highest BCUT2D eigenvalue weighted by Crippen LogP contribution is 2.15. The molecule has 0 saturated heterocycles. The standard InChI is InChI=1S/C13H20N2O2S/c1-11(16)12-7-3-4-8-13(12)18(17)15-10-6-5-9-14-2/h3-4,7-8,14-15H,5-6,9-10H2,1-2H3. The molecule has 0 radical (unpaired) electrons. The number of Topliss-reactive ketones (excluding diaryl/α,β-unsaturated/α-hetero) is 1. The van der Waals surface area contributed by atoms with Gasteiger partial charge in [0.1, 0.15) is 0 Å². The van der Waals surface area contributed by atoms with Crippen molar-refractivity contribution in [2.24, 2.45) is 0 Å². The van der Waals surface area contributed by atoms with Gasteiger partial charge in [-0.05, 0) is 45.5 Å². The second-order valence-electron chi connectivity index (χ2n) is 4.03. The van der Waals surface area contributed by atoms with E-state index in [1.807, 2.05) is 7.05 Å². The molecule has 1 rings (SSSR count). The molecule has 0 fully saturated rings.